The van der Waals surface area contributed by atoms with E-state index >= 15 is 0 Å². The minimum absolute atomic E-state index is 0.0334. The van der Waals surface area contributed by atoms with E-state index in [0.717, 1.165) is 12.8 Å². The summed E-state index contributed by atoms with van der Waals surface area (Å²) in [6, 6.07) is -0.464. The molecule has 1 saturated heterocycles. The number of hydrogen-bond donors (Lipinski definition) is 1. The molecule has 1 fully saturated rings. The zero-order valence-corrected chi connectivity index (χ0v) is 13.2. The van der Waals surface area contributed by atoms with Crippen molar-refractivity contribution in [3.8, 4) is 0 Å². The van der Waals surface area contributed by atoms with Crippen molar-refractivity contribution in [1.29, 1.82) is 0 Å². The van der Waals surface area contributed by atoms with E-state index in [2.05, 4.69) is 0 Å². The molecular weight excluding hydrogens is 258 g/mol. The van der Waals surface area contributed by atoms with Gasteiger partial charge in [-0.1, -0.05) is 0 Å². The summed E-state index contributed by atoms with van der Waals surface area (Å²) in [5.74, 6) is -0.0508. The Bertz CT molecular complexity index is 363. The monoisotopic (exact) mass is 285 g/mol. The van der Waals surface area contributed by atoms with Gasteiger partial charge in [-0.15, -0.1) is 0 Å². The van der Waals surface area contributed by atoms with Crippen molar-refractivity contribution in [2.24, 2.45) is 5.73 Å². The number of nitrogens with zero attached hydrogens (tertiary/aromatic N) is 2. The van der Waals surface area contributed by atoms with Gasteiger partial charge >= 0.3 is 6.09 Å². The minimum atomic E-state index is -0.512. The smallest absolute Gasteiger partial charge is 0.410 e. The summed E-state index contributed by atoms with van der Waals surface area (Å²) in [6.07, 6.45) is 1.48. The molecule has 2 atom stereocenters. The fourth-order valence-corrected chi connectivity index (χ4v) is 2.31. The standard InChI is InChI=1S/C14H27N3O3/c1-10(15)12(18)17-8-6-7-11(17)9-16(5)13(19)20-14(2,3)4/h10-11H,6-9,15H2,1-5H3/t10-,11+/m0/s1. The average Bonchev–Trinajstić information content (AvgIpc) is 2.73. The summed E-state index contributed by atoms with van der Waals surface area (Å²) >= 11 is 0. The Kier molecular flexibility index (Phi) is 5.39. The van der Waals surface area contributed by atoms with Gasteiger partial charge in [0.2, 0.25) is 5.91 Å². The topological polar surface area (TPSA) is 75.9 Å². The molecule has 0 aliphatic carbocycles. The highest BCUT2D eigenvalue weighted by molar-refractivity contribution is 5.81. The third kappa shape index (κ3) is 4.67. The van der Waals surface area contributed by atoms with Gasteiger partial charge in [-0.2, -0.15) is 0 Å². The van der Waals surface area contributed by atoms with Crippen LogP contribution in [0.15, 0.2) is 0 Å². The van der Waals surface area contributed by atoms with Gasteiger partial charge in [0.1, 0.15) is 5.60 Å². The van der Waals surface area contributed by atoms with Crippen LogP contribution < -0.4 is 5.73 Å². The van der Waals surface area contributed by atoms with Gasteiger partial charge in [0.05, 0.1) is 6.04 Å². The molecule has 20 heavy (non-hydrogen) atoms. The zero-order valence-electron chi connectivity index (χ0n) is 13.2. The fourth-order valence-electron chi connectivity index (χ4n) is 2.31. The van der Waals surface area contributed by atoms with Crippen LogP contribution in [0.3, 0.4) is 0 Å². The molecule has 6 heteroatoms. The lowest BCUT2D eigenvalue weighted by Crippen LogP contribution is -2.49. The highest BCUT2D eigenvalue weighted by Gasteiger charge is 2.32. The summed E-state index contributed by atoms with van der Waals surface area (Å²) in [4.78, 5) is 27.2. The molecular formula is C14H27N3O3. The van der Waals surface area contributed by atoms with Gasteiger partial charge in [0.25, 0.3) is 0 Å². The van der Waals surface area contributed by atoms with Crippen molar-refractivity contribution >= 4 is 12.0 Å². The molecule has 0 radical (unpaired) electrons. The number of hydrogen-bond acceptors (Lipinski definition) is 4. The Morgan fingerprint density at radius 3 is 2.55 bits per heavy atom. The number of carbonyl (C=O) groups excluding carboxylic acids is 2. The summed E-state index contributed by atoms with van der Waals surface area (Å²) in [6.45, 7) is 8.39. The maximum Gasteiger partial charge on any atom is 0.410 e. The normalized spacial score (nSPS) is 20.7. The molecule has 1 heterocycles. The second kappa shape index (κ2) is 6.43. The second-order valence-electron chi connectivity index (χ2n) is 6.48. The number of amides is 2. The minimum Gasteiger partial charge on any atom is -0.444 e. The summed E-state index contributed by atoms with van der Waals surface area (Å²) in [7, 11) is 1.70. The Morgan fingerprint density at radius 1 is 1.45 bits per heavy atom. The van der Waals surface area contributed by atoms with E-state index in [-0.39, 0.29) is 18.0 Å². The first kappa shape index (κ1) is 16.8. The Morgan fingerprint density at radius 2 is 2.05 bits per heavy atom. The van der Waals surface area contributed by atoms with Crippen molar-refractivity contribution in [3.63, 3.8) is 0 Å². The van der Waals surface area contributed by atoms with Crippen LogP contribution in [0.5, 0.6) is 0 Å². The van der Waals surface area contributed by atoms with E-state index in [0.29, 0.717) is 13.1 Å². The van der Waals surface area contributed by atoms with E-state index in [4.69, 9.17) is 10.5 Å². The van der Waals surface area contributed by atoms with E-state index in [9.17, 15) is 9.59 Å². The maximum atomic E-state index is 12.0. The maximum absolute atomic E-state index is 12.0. The Hall–Kier alpha value is -1.30. The molecule has 0 spiro atoms. The van der Waals surface area contributed by atoms with Crippen LogP contribution in [0.4, 0.5) is 4.79 Å². The highest BCUT2D eigenvalue weighted by atomic mass is 16.6. The number of likely N-dealkylation sites (N-methyl/N-ethyl adjacent to an activating group) is 1. The zero-order chi connectivity index (χ0) is 15.5. The lowest BCUT2D eigenvalue weighted by atomic mass is 10.2. The predicted octanol–water partition coefficient (Wildman–Crippen LogP) is 1.19. The molecule has 6 nitrogen and oxygen atoms in total. The lowest BCUT2D eigenvalue weighted by Gasteiger charge is -2.31. The molecule has 0 aromatic carbocycles. The van der Waals surface area contributed by atoms with Crippen LogP contribution in [-0.4, -0.2) is 59.6 Å². The van der Waals surface area contributed by atoms with Crippen LogP contribution in [0, 0.1) is 0 Å². The van der Waals surface area contributed by atoms with Gasteiger partial charge in [0.15, 0.2) is 0 Å². The number of nitrogens with two attached hydrogens (primary N) is 1. The molecule has 2 amide bonds. The van der Waals surface area contributed by atoms with Gasteiger partial charge in [0, 0.05) is 26.2 Å². The van der Waals surface area contributed by atoms with Crippen LogP contribution >= 0.6 is 0 Å². The van der Waals surface area contributed by atoms with Crippen LogP contribution in [0.1, 0.15) is 40.5 Å². The molecule has 0 saturated carbocycles. The number of carbonyl (C=O) groups is 2. The SMILES string of the molecule is C[C@H](N)C(=O)N1CCC[C@@H]1CN(C)C(=O)OC(C)(C)C. The molecule has 0 aromatic heterocycles. The largest absolute Gasteiger partial charge is 0.444 e. The number of likely N-dealkylation sites (tertiary alicyclic amines) is 1. The van der Waals surface area contributed by atoms with Crippen LogP contribution in [-0.2, 0) is 9.53 Å². The number of ether oxygens (including phenoxy) is 1. The van der Waals surface area contributed by atoms with Crippen LogP contribution in [0.25, 0.3) is 0 Å². The van der Waals surface area contributed by atoms with Crippen molar-refractivity contribution in [2.75, 3.05) is 20.1 Å². The van der Waals surface area contributed by atoms with Gasteiger partial charge in [-0.05, 0) is 40.5 Å². The molecule has 0 aromatic rings. The fraction of sp³-hybridized carbons (Fsp3) is 0.857. The van der Waals surface area contributed by atoms with Gasteiger partial charge in [-0.3, -0.25) is 4.79 Å². The summed E-state index contributed by atoms with van der Waals surface area (Å²) < 4.78 is 5.31. The first-order valence-electron chi connectivity index (χ1n) is 7.12. The molecule has 0 unspecified atom stereocenters. The van der Waals surface area contributed by atoms with Crippen molar-refractivity contribution in [3.05, 3.63) is 0 Å². The highest BCUT2D eigenvalue weighted by Crippen LogP contribution is 2.19. The quantitative estimate of drug-likeness (QED) is 0.845. The molecule has 1 aliphatic rings. The molecule has 2 N–H and O–H groups in total. The van der Waals surface area contributed by atoms with E-state index in [1.54, 1.807) is 18.9 Å². The first-order chi connectivity index (χ1) is 9.11. The van der Waals surface area contributed by atoms with Crippen molar-refractivity contribution in [1.82, 2.24) is 9.80 Å². The van der Waals surface area contributed by atoms with E-state index in [1.807, 2.05) is 20.8 Å². The molecule has 116 valence electrons. The van der Waals surface area contributed by atoms with Gasteiger partial charge in [-0.25, -0.2) is 4.79 Å². The third-order valence-corrected chi connectivity index (χ3v) is 3.24. The lowest BCUT2D eigenvalue weighted by molar-refractivity contribution is -0.133. The average molecular weight is 285 g/mol. The van der Waals surface area contributed by atoms with Crippen molar-refractivity contribution < 1.29 is 14.3 Å². The van der Waals surface area contributed by atoms with E-state index in [1.165, 1.54) is 4.90 Å². The Balaban J connectivity index is 2.58. The van der Waals surface area contributed by atoms with Crippen molar-refractivity contribution in [2.45, 2.75) is 58.2 Å². The predicted molar refractivity (Wildman–Crippen MR) is 77.2 cm³/mol. The van der Waals surface area contributed by atoms with Gasteiger partial charge < -0.3 is 20.3 Å². The second-order valence-corrected chi connectivity index (χ2v) is 6.48. The molecule has 1 aliphatic heterocycles. The summed E-state index contributed by atoms with van der Waals surface area (Å²) in [5.41, 5.74) is 5.14. The van der Waals surface area contributed by atoms with E-state index < -0.39 is 11.6 Å². The first-order valence-corrected chi connectivity index (χ1v) is 7.12. The Labute approximate surface area is 121 Å². The molecule has 1 rings (SSSR count). The number of rotatable bonds is 3. The van der Waals surface area contributed by atoms with Crippen LogP contribution in [0.2, 0.25) is 0 Å². The third-order valence-electron chi connectivity index (χ3n) is 3.24. The molecule has 0 bridgehead atoms. The summed E-state index contributed by atoms with van der Waals surface area (Å²) in [5, 5.41) is 0.